The molecule has 0 saturated heterocycles. The van der Waals surface area contributed by atoms with Gasteiger partial charge in [0.15, 0.2) is 0 Å². The van der Waals surface area contributed by atoms with Gasteiger partial charge in [-0.3, -0.25) is 9.78 Å². The van der Waals surface area contributed by atoms with E-state index >= 15 is 0 Å². The van der Waals surface area contributed by atoms with Crippen molar-refractivity contribution in [1.82, 2.24) is 15.2 Å². The number of aryl methyl sites for hydroxylation is 1. The zero-order valence-electron chi connectivity index (χ0n) is 10.7. The lowest BCUT2D eigenvalue weighted by atomic mass is 10.2. The highest BCUT2D eigenvalue weighted by Gasteiger charge is 2.25. The molecule has 2 rings (SSSR count). The number of rotatable bonds is 5. The average Bonchev–Trinajstić information content (AvgIpc) is 3.12. The smallest absolute Gasteiger partial charge is 0.254 e. The van der Waals surface area contributed by atoms with Gasteiger partial charge in [-0.25, -0.2) is 0 Å². The molecule has 1 aromatic heterocycles. The Morgan fingerprint density at radius 2 is 2.33 bits per heavy atom. The van der Waals surface area contributed by atoms with E-state index < -0.39 is 0 Å². The molecule has 1 heterocycles. The third-order valence-corrected chi connectivity index (χ3v) is 3.47. The number of aromatic nitrogens is 1. The Balaban J connectivity index is 1.83. The van der Waals surface area contributed by atoms with E-state index in [1.54, 1.807) is 6.07 Å². The summed E-state index contributed by atoms with van der Waals surface area (Å²) in [6.07, 6.45) is 4.08. The molecule has 4 nitrogen and oxygen atoms in total. The maximum atomic E-state index is 11.9. The summed E-state index contributed by atoms with van der Waals surface area (Å²) in [5.41, 5.74) is 1.25. The molecule has 1 saturated carbocycles. The minimum absolute atomic E-state index is 0.156. The van der Waals surface area contributed by atoms with Gasteiger partial charge in [-0.15, -0.1) is 0 Å². The summed E-state index contributed by atoms with van der Waals surface area (Å²) in [6.45, 7) is 3.35. The quantitative estimate of drug-likeness (QED) is 0.886. The highest BCUT2D eigenvalue weighted by atomic mass is 35.5. The molecule has 0 spiro atoms. The lowest BCUT2D eigenvalue weighted by Crippen LogP contribution is -2.34. The molecule has 1 aliphatic rings. The first kappa shape index (κ1) is 13.3. The van der Waals surface area contributed by atoms with Crippen LogP contribution in [0.1, 0.15) is 28.9 Å². The summed E-state index contributed by atoms with van der Waals surface area (Å²) in [5.74, 6) is -0.156. The van der Waals surface area contributed by atoms with Gasteiger partial charge in [0.25, 0.3) is 5.91 Å². The van der Waals surface area contributed by atoms with E-state index in [9.17, 15) is 4.79 Å². The van der Waals surface area contributed by atoms with Crippen LogP contribution in [0.15, 0.2) is 12.3 Å². The molecule has 98 valence electrons. The van der Waals surface area contributed by atoms with E-state index in [1.165, 1.54) is 19.0 Å². The van der Waals surface area contributed by atoms with Crippen LogP contribution in [0.4, 0.5) is 0 Å². The number of pyridine rings is 1. The Morgan fingerprint density at radius 1 is 1.61 bits per heavy atom. The molecule has 0 aromatic carbocycles. The van der Waals surface area contributed by atoms with Gasteiger partial charge in [-0.05, 0) is 32.9 Å². The lowest BCUT2D eigenvalue weighted by molar-refractivity contribution is 0.0949. The fourth-order valence-electron chi connectivity index (χ4n) is 1.83. The Labute approximate surface area is 112 Å². The van der Waals surface area contributed by atoms with Gasteiger partial charge in [0.05, 0.1) is 10.6 Å². The van der Waals surface area contributed by atoms with E-state index in [1.807, 2.05) is 6.92 Å². The molecule has 0 atom stereocenters. The molecule has 18 heavy (non-hydrogen) atoms. The second-order valence-corrected chi connectivity index (χ2v) is 5.18. The third-order valence-electron chi connectivity index (χ3n) is 3.16. The first-order chi connectivity index (χ1) is 8.58. The molecule has 0 unspecified atom stereocenters. The Morgan fingerprint density at radius 3 is 2.94 bits per heavy atom. The highest BCUT2D eigenvalue weighted by Crippen LogP contribution is 2.24. The summed E-state index contributed by atoms with van der Waals surface area (Å²) in [6, 6.07) is 2.42. The summed E-state index contributed by atoms with van der Waals surface area (Å²) in [5, 5.41) is 3.32. The van der Waals surface area contributed by atoms with Gasteiger partial charge in [-0.1, -0.05) is 11.6 Å². The normalized spacial score (nSPS) is 14.9. The van der Waals surface area contributed by atoms with Crippen molar-refractivity contribution in [3.8, 4) is 0 Å². The molecule has 1 fully saturated rings. The number of carbonyl (C=O) groups excluding carboxylic acids is 1. The molecule has 0 aliphatic heterocycles. The van der Waals surface area contributed by atoms with Crippen molar-refractivity contribution in [1.29, 1.82) is 0 Å². The van der Waals surface area contributed by atoms with Crippen molar-refractivity contribution in [2.45, 2.75) is 25.8 Å². The molecule has 1 N–H and O–H groups in total. The van der Waals surface area contributed by atoms with Gasteiger partial charge in [-0.2, -0.15) is 0 Å². The maximum Gasteiger partial charge on any atom is 0.254 e. The Hall–Kier alpha value is -1.13. The third kappa shape index (κ3) is 3.43. The van der Waals surface area contributed by atoms with Crippen LogP contribution in [0.25, 0.3) is 0 Å². The monoisotopic (exact) mass is 267 g/mol. The number of nitrogens with zero attached hydrogens (tertiary/aromatic N) is 2. The topological polar surface area (TPSA) is 45.2 Å². The first-order valence-electron chi connectivity index (χ1n) is 6.18. The SMILES string of the molecule is Cc1cc(Cl)c(C(=O)NCCN(C)C2CC2)cn1. The van der Waals surface area contributed by atoms with Crippen LogP contribution in [-0.4, -0.2) is 42.0 Å². The predicted molar refractivity (Wildman–Crippen MR) is 72.0 cm³/mol. The van der Waals surface area contributed by atoms with E-state index in [4.69, 9.17) is 11.6 Å². The van der Waals surface area contributed by atoms with Crippen molar-refractivity contribution in [3.05, 3.63) is 28.5 Å². The fourth-order valence-corrected chi connectivity index (χ4v) is 2.12. The molecule has 1 aliphatic carbocycles. The number of carbonyl (C=O) groups is 1. The van der Waals surface area contributed by atoms with Gasteiger partial charge in [0, 0.05) is 31.0 Å². The first-order valence-corrected chi connectivity index (χ1v) is 6.56. The van der Waals surface area contributed by atoms with Crippen molar-refractivity contribution in [2.75, 3.05) is 20.1 Å². The van der Waals surface area contributed by atoms with E-state index in [0.717, 1.165) is 12.2 Å². The molecule has 1 amide bonds. The Bertz CT molecular complexity index is 446. The second kappa shape index (κ2) is 5.67. The van der Waals surface area contributed by atoms with Crippen LogP contribution in [0.3, 0.4) is 0 Å². The van der Waals surface area contributed by atoms with Gasteiger partial charge >= 0.3 is 0 Å². The van der Waals surface area contributed by atoms with Gasteiger partial charge in [0.1, 0.15) is 0 Å². The fraction of sp³-hybridized carbons (Fsp3) is 0.538. The van der Waals surface area contributed by atoms with Crippen LogP contribution in [-0.2, 0) is 0 Å². The molecule has 0 bridgehead atoms. The number of amides is 1. The molecule has 5 heteroatoms. The molecular weight excluding hydrogens is 250 g/mol. The molecule has 0 radical (unpaired) electrons. The zero-order valence-corrected chi connectivity index (χ0v) is 11.5. The van der Waals surface area contributed by atoms with Crippen LogP contribution < -0.4 is 5.32 Å². The summed E-state index contributed by atoms with van der Waals surface area (Å²) in [7, 11) is 2.09. The number of likely N-dealkylation sites (N-methyl/N-ethyl adjacent to an activating group) is 1. The van der Waals surface area contributed by atoms with Crippen LogP contribution >= 0.6 is 11.6 Å². The highest BCUT2D eigenvalue weighted by molar-refractivity contribution is 6.33. The minimum atomic E-state index is -0.156. The van der Waals surface area contributed by atoms with Crippen LogP contribution in [0.2, 0.25) is 5.02 Å². The summed E-state index contributed by atoms with van der Waals surface area (Å²) in [4.78, 5) is 18.2. The lowest BCUT2D eigenvalue weighted by Gasteiger charge is -2.15. The number of hydrogen-bond acceptors (Lipinski definition) is 3. The standard InChI is InChI=1S/C13H18ClN3O/c1-9-7-12(14)11(8-16-9)13(18)15-5-6-17(2)10-3-4-10/h7-8,10H,3-6H2,1-2H3,(H,15,18). The molecule has 1 aromatic rings. The average molecular weight is 268 g/mol. The van der Waals surface area contributed by atoms with E-state index in [-0.39, 0.29) is 5.91 Å². The van der Waals surface area contributed by atoms with Crippen molar-refractivity contribution >= 4 is 17.5 Å². The van der Waals surface area contributed by atoms with Crippen molar-refractivity contribution in [2.24, 2.45) is 0 Å². The maximum absolute atomic E-state index is 11.9. The van der Waals surface area contributed by atoms with Gasteiger partial charge < -0.3 is 10.2 Å². The molecular formula is C13H18ClN3O. The zero-order chi connectivity index (χ0) is 13.1. The summed E-state index contributed by atoms with van der Waals surface area (Å²) < 4.78 is 0. The number of hydrogen-bond donors (Lipinski definition) is 1. The largest absolute Gasteiger partial charge is 0.351 e. The van der Waals surface area contributed by atoms with E-state index in [2.05, 4.69) is 22.2 Å². The second-order valence-electron chi connectivity index (χ2n) is 4.77. The van der Waals surface area contributed by atoms with Crippen molar-refractivity contribution < 1.29 is 4.79 Å². The van der Waals surface area contributed by atoms with Gasteiger partial charge in [0.2, 0.25) is 0 Å². The number of halogens is 1. The van der Waals surface area contributed by atoms with Crippen LogP contribution in [0, 0.1) is 6.92 Å². The predicted octanol–water partition coefficient (Wildman–Crippen LogP) is 1.87. The number of nitrogens with one attached hydrogen (secondary N) is 1. The minimum Gasteiger partial charge on any atom is -0.351 e. The summed E-state index contributed by atoms with van der Waals surface area (Å²) >= 11 is 6.02. The van der Waals surface area contributed by atoms with Crippen LogP contribution in [0.5, 0.6) is 0 Å². The van der Waals surface area contributed by atoms with Crippen molar-refractivity contribution in [3.63, 3.8) is 0 Å². The Kier molecular flexibility index (Phi) is 4.19. The van der Waals surface area contributed by atoms with E-state index in [0.29, 0.717) is 23.2 Å².